The van der Waals surface area contributed by atoms with Crippen LogP contribution in [-0.4, -0.2) is 59.5 Å². The number of amides is 1. The van der Waals surface area contributed by atoms with Crippen LogP contribution in [0.2, 0.25) is 0 Å². The number of rotatable bonds is 4. The first kappa shape index (κ1) is 22.0. The number of para-hydroxylation sites is 1. The van der Waals surface area contributed by atoms with Crippen LogP contribution in [0.1, 0.15) is 15.9 Å². The zero-order valence-electron chi connectivity index (χ0n) is 16.7. The van der Waals surface area contributed by atoms with Crippen molar-refractivity contribution in [1.29, 1.82) is 0 Å². The summed E-state index contributed by atoms with van der Waals surface area (Å²) in [4.78, 5) is 14.1. The number of nitrogens with zero attached hydrogens (tertiary/aromatic N) is 4. The number of alkyl halides is 3. The van der Waals surface area contributed by atoms with Gasteiger partial charge in [-0.15, -0.1) is 0 Å². The molecule has 0 spiro atoms. The molecule has 0 aliphatic carbocycles. The largest absolute Gasteiger partial charge is 0.416 e. The monoisotopic (exact) mass is 464 g/mol. The van der Waals surface area contributed by atoms with Crippen molar-refractivity contribution in [2.24, 2.45) is 0 Å². The lowest BCUT2D eigenvalue weighted by Gasteiger charge is -2.33. The van der Waals surface area contributed by atoms with Gasteiger partial charge in [0.1, 0.15) is 0 Å². The van der Waals surface area contributed by atoms with Gasteiger partial charge in [-0.3, -0.25) is 4.79 Å². The van der Waals surface area contributed by atoms with Crippen LogP contribution >= 0.6 is 0 Å². The Hall–Kier alpha value is -3.18. The van der Waals surface area contributed by atoms with Crippen molar-refractivity contribution in [2.45, 2.75) is 11.1 Å². The normalized spacial score (nSPS) is 15.7. The molecule has 3 aromatic rings. The number of piperazine rings is 1. The summed E-state index contributed by atoms with van der Waals surface area (Å²) in [5.74, 6) is -0.265. The Morgan fingerprint density at radius 1 is 0.906 bits per heavy atom. The van der Waals surface area contributed by atoms with E-state index in [4.69, 9.17) is 0 Å². The highest BCUT2D eigenvalue weighted by molar-refractivity contribution is 7.89. The number of benzene rings is 2. The topological polar surface area (TPSA) is 75.5 Å². The third kappa shape index (κ3) is 4.39. The third-order valence-corrected chi connectivity index (χ3v) is 7.11. The van der Waals surface area contributed by atoms with Crippen LogP contribution in [0.5, 0.6) is 0 Å². The van der Waals surface area contributed by atoms with E-state index in [1.165, 1.54) is 15.4 Å². The molecule has 2 heterocycles. The van der Waals surface area contributed by atoms with E-state index in [1.807, 2.05) is 30.3 Å². The summed E-state index contributed by atoms with van der Waals surface area (Å²) in [6, 6.07) is 12.7. The second-order valence-corrected chi connectivity index (χ2v) is 9.17. The SMILES string of the molecule is O=C(c1cnn(-c2ccccc2)c1)N1CCN(S(=O)(=O)c2ccc(C(F)(F)F)cc2)CC1. The summed E-state index contributed by atoms with van der Waals surface area (Å²) >= 11 is 0. The van der Waals surface area contributed by atoms with Crippen LogP contribution in [-0.2, 0) is 16.2 Å². The number of hydrogen-bond acceptors (Lipinski definition) is 4. The highest BCUT2D eigenvalue weighted by Gasteiger charge is 2.33. The third-order valence-electron chi connectivity index (χ3n) is 5.20. The number of halogens is 3. The van der Waals surface area contributed by atoms with Crippen molar-refractivity contribution >= 4 is 15.9 Å². The maximum absolute atomic E-state index is 12.8. The Bertz CT molecular complexity index is 1200. The molecular weight excluding hydrogens is 445 g/mol. The molecule has 168 valence electrons. The van der Waals surface area contributed by atoms with E-state index in [2.05, 4.69) is 5.10 Å². The van der Waals surface area contributed by atoms with E-state index >= 15 is 0 Å². The minimum Gasteiger partial charge on any atom is -0.336 e. The van der Waals surface area contributed by atoms with E-state index in [9.17, 15) is 26.4 Å². The van der Waals surface area contributed by atoms with Crippen LogP contribution in [0, 0.1) is 0 Å². The molecule has 32 heavy (non-hydrogen) atoms. The van der Waals surface area contributed by atoms with E-state index in [1.54, 1.807) is 10.9 Å². The number of aromatic nitrogens is 2. The van der Waals surface area contributed by atoms with Gasteiger partial charge in [-0.05, 0) is 36.4 Å². The van der Waals surface area contributed by atoms with Gasteiger partial charge in [0.25, 0.3) is 5.91 Å². The Labute approximate surface area is 182 Å². The molecule has 1 aromatic heterocycles. The fourth-order valence-corrected chi connectivity index (χ4v) is 4.86. The molecule has 0 saturated carbocycles. The summed E-state index contributed by atoms with van der Waals surface area (Å²) in [5.41, 5.74) is 0.273. The van der Waals surface area contributed by atoms with E-state index < -0.39 is 21.8 Å². The molecule has 7 nitrogen and oxygen atoms in total. The van der Waals surface area contributed by atoms with Gasteiger partial charge >= 0.3 is 6.18 Å². The van der Waals surface area contributed by atoms with Crippen molar-refractivity contribution in [3.8, 4) is 5.69 Å². The molecule has 0 N–H and O–H groups in total. The highest BCUT2D eigenvalue weighted by atomic mass is 32.2. The first-order valence-corrected chi connectivity index (χ1v) is 11.2. The first-order valence-electron chi connectivity index (χ1n) is 9.73. The number of carbonyl (C=O) groups excluding carboxylic acids is 1. The molecule has 0 atom stereocenters. The van der Waals surface area contributed by atoms with E-state index in [0.717, 1.165) is 30.0 Å². The fraction of sp³-hybridized carbons (Fsp3) is 0.238. The zero-order chi connectivity index (χ0) is 22.9. The second-order valence-electron chi connectivity index (χ2n) is 7.23. The van der Waals surface area contributed by atoms with E-state index in [0.29, 0.717) is 5.56 Å². The Morgan fingerprint density at radius 3 is 2.12 bits per heavy atom. The van der Waals surface area contributed by atoms with Crippen LogP contribution in [0.15, 0.2) is 71.9 Å². The zero-order valence-corrected chi connectivity index (χ0v) is 17.6. The van der Waals surface area contributed by atoms with Crippen LogP contribution in [0.3, 0.4) is 0 Å². The predicted octanol–water partition coefficient (Wildman–Crippen LogP) is 3.04. The standard InChI is InChI=1S/C21H19F3N4O3S/c22-21(23,24)17-6-8-19(9-7-17)32(30,31)27-12-10-26(11-13-27)20(29)16-14-25-28(15-16)18-4-2-1-3-5-18/h1-9,14-15H,10-13H2. The van der Waals surface area contributed by atoms with Crippen molar-refractivity contribution in [3.05, 3.63) is 78.1 Å². The molecule has 11 heteroatoms. The summed E-state index contributed by atoms with van der Waals surface area (Å²) in [6.07, 6.45) is -1.47. The van der Waals surface area contributed by atoms with Gasteiger partial charge in [0.05, 0.1) is 27.9 Å². The van der Waals surface area contributed by atoms with Crippen molar-refractivity contribution in [2.75, 3.05) is 26.2 Å². The second kappa shape index (κ2) is 8.40. The van der Waals surface area contributed by atoms with Gasteiger partial charge in [-0.25, -0.2) is 13.1 Å². The average Bonchev–Trinajstić information content (AvgIpc) is 3.29. The van der Waals surface area contributed by atoms with Crippen molar-refractivity contribution < 1.29 is 26.4 Å². The molecule has 1 amide bonds. The molecular formula is C21H19F3N4O3S. The van der Waals surface area contributed by atoms with Gasteiger partial charge < -0.3 is 4.90 Å². The Morgan fingerprint density at radius 2 is 1.53 bits per heavy atom. The van der Waals surface area contributed by atoms with E-state index in [-0.39, 0.29) is 37.0 Å². The summed E-state index contributed by atoms with van der Waals surface area (Å²) in [7, 11) is -3.96. The van der Waals surface area contributed by atoms with Gasteiger partial charge in [0, 0.05) is 32.4 Å². The first-order chi connectivity index (χ1) is 15.2. The molecule has 0 bridgehead atoms. The molecule has 0 unspecified atom stereocenters. The molecule has 1 aliphatic heterocycles. The fourth-order valence-electron chi connectivity index (χ4n) is 3.43. The summed E-state index contributed by atoms with van der Waals surface area (Å²) < 4.78 is 66.5. The minimum atomic E-state index is -4.54. The molecule has 4 rings (SSSR count). The molecule has 0 radical (unpaired) electrons. The number of carbonyl (C=O) groups is 1. The van der Waals surface area contributed by atoms with Crippen LogP contribution in [0.25, 0.3) is 5.69 Å². The Balaban J connectivity index is 1.41. The van der Waals surface area contributed by atoms with Crippen LogP contribution < -0.4 is 0 Å². The summed E-state index contributed by atoms with van der Waals surface area (Å²) in [5, 5.41) is 4.20. The quantitative estimate of drug-likeness (QED) is 0.595. The molecule has 1 saturated heterocycles. The lowest BCUT2D eigenvalue weighted by Crippen LogP contribution is -2.50. The van der Waals surface area contributed by atoms with Gasteiger partial charge in [0.2, 0.25) is 10.0 Å². The highest BCUT2D eigenvalue weighted by Crippen LogP contribution is 2.30. The molecule has 1 aliphatic rings. The lowest BCUT2D eigenvalue weighted by atomic mass is 10.2. The Kier molecular flexibility index (Phi) is 5.78. The van der Waals surface area contributed by atoms with Gasteiger partial charge in [0.15, 0.2) is 0 Å². The lowest BCUT2D eigenvalue weighted by molar-refractivity contribution is -0.137. The van der Waals surface area contributed by atoms with Crippen molar-refractivity contribution in [1.82, 2.24) is 19.0 Å². The van der Waals surface area contributed by atoms with Gasteiger partial charge in [-0.1, -0.05) is 18.2 Å². The van der Waals surface area contributed by atoms with Crippen molar-refractivity contribution in [3.63, 3.8) is 0 Å². The van der Waals surface area contributed by atoms with Crippen LogP contribution in [0.4, 0.5) is 13.2 Å². The molecule has 1 fully saturated rings. The maximum Gasteiger partial charge on any atom is 0.416 e. The predicted molar refractivity (Wildman–Crippen MR) is 110 cm³/mol. The number of hydrogen-bond donors (Lipinski definition) is 0. The van der Waals surface area contributed by atoms with Gasteiger partial charge in [-0.2, -0.15) is 22.6 Å². The smallest absolute Gasteiger partial charge is 0.336 e. The number of sulfonamides is 1. The molecule has 2 aromatic carbocycles. The minimum absolute atomic E-state index is 0.0436. The maximum atomic E-state index is 12.8. The summed E-state index contributed by atoms with van der Waals surface area (Å²) in [6.45, 7) is 0.411. The average molecular weight is 464 g/mol.